The second-order valence-electron chi connectivity index (χ2n) is 21.7. The van der Waals surface area contributed by atoms with Crippen LogP contribution in [0, 0.1) is 0 Å². The van der Waals surface area contributed by atoms with Crippen molar-refractivity contribution in [1.29, 1.82) is 0 Å². The number of unbranched alkanes of at least 4 members (excludes halogenated alkanes) is 42. The van der Waals surface area contributed by atoms with Crippen molar-refractivity contribution in [1.82, 2.24) is 0 Å². The highest BCUT2D eigenvalue weighted by atomic mass is 16.6. The maximum atomic E-state index is 12.9. The Bertz CT molecular complexity index is 1210. The van der Waals surface area contributed by atoms with Gasteiger partial charge in [-0.05, 0) is 57.8 Å². The molecule has 0 aliphatic heterocycles. The van der Waals surface area contributed by atoms with Crippen LogP contribution in [0.5, 0.6) is 0 Å². The van der Waals surface area contributed by atoms with Crippen LogP contribution >= 0.6 is 0 Å². The van der Waals surface area contributed by atoms with E-state index in [0.717, 1.165) is 77.0 Å². The van der Waals surface area contributed by atoms with Gasteiger partial charge < -0.3 is 14.2 Å². The smallest absolute Gasteiger partial charge is 0.306 e. The van der Waals surface area contributed by atoms with Crippen LogP contribution in [0.2, 0.25) is 0 Å². The predicted molar refractivity (Wildman–Crippen MR) is 312 cm³/mol. The monoisotopic (exact) mass is 1010 g/mol. The second kappa shape index (κ2) is 61.2. The summed E-state index contributed by atoms with van der Waals surface area (Å²) in [5, 5.41) is 0. The fourth-order valence-corrected chi connectivity index (χ4v) is 9.57. The molecular weight excluding hydrogens is 889 g/mol. The van der Waals surface area contributed by atoms with Gasteiger partial charge in [-0.25, -0.2) is 0 Å². The van der Waals surface area contributed by atoms with Gasteiger partial charge in [0.05, 0.1) is 0 Å². The zero-order valence-corrected chi connectivity index (χ0v) is 48.5. The maximum Gasteiger partial charge on any atom is 0.306 e. The minimum absolute atomic E-state index is 0.0721. The largest absolute Gasteiger partial charge is 0.462 e. The average molecular weight is 1010 g/mol. The van der Waals surface area contributed by atoms with Gasteiger partial charge in [0.1, 0.15) is 13.2 Å². The first-order valence-corrected chi connectivity index (χ1v) is 32.0. The summed E-state index contributed by atoms with van der Waals surface area (Å²) < 4.78 is 16.9. The summed E-state index contributed by atoms with van der Waals surface area (Å²) >= 11 is 0. The van der Waals surface area contributed by atoms with Crippen LogP contribution in [0.3, 0.4) is 0 Å². The number of carbonyl (C=O) groups is 3. The number of ether oxygens (including phenoxy) is 3. The molecule has 0 aromatic heterocycles. The van der Waals surface area contributed by atoms with E-state index in [4.69, 9.17) is 14.2 Å². The molecule has 0 aliphatic rings. The third-order valence-electron chi connectivity index (χ3n) is 14.4. The van der Waals surface area contributed by atoms with Crippen LogP contribution in [0.25, 0.3) is 0 Å². The molecule has 422 valence electrons. The number of hydrogen-bond acceptors (Lipinski definition) is 6. The van der Waals surface area contributed by atoms with Crippen LogP contribution in [0.1, 0.15) is 348 Å². The van der Waals surface area contributed by atoms with Gasteiger partial charge in [-0.3, -0.25) is 14.4 Å². The molecule has 0 heterocycles. The summed E-state index contributed by atoms with van der Waals surface area (Å²) in [5.41, 5.74) is 0. The van der Waals surface area contributed by atoms with Crippen LogP contribution in [0.15, 0.2) is 36.5 Å². The Morgan fingerprint density at radius 2 is 0.500 bits per heavy atom. The van der Waals surface area contributed by atoms with Crippen LogP contribution in [-0.4, -0.2) is 37.2 Å². The standard InChI is InChI=1S/C66H122O6/c1-4-7-10-13-16-19-22-25-28-30-32-34-35-38-41-44-47-50-53-56-59-65(68)71-62-63(61-70-64(67)58-55-52-49-46-43-40-37-27-24-21-18-15-12-9-6-3)72-66(69)60-57-54-51-48-45-42-39-36-33-31-29-26-23-20-17-14-11-8-5-2/h17,20,26,29,33,36,63H,4-16,18-19,21-25,27-28,30-32,34-35,37-62H2,1-3H3/b20-17-,29-26-,36-33-. The van der Waals surface area contributed by atoms with Crippen LogP contribution in [-0.2, 0) is 28.6 Å². The van der Waals surface area contributed by atoms with Gasteiger partial charge in [0.15, 0.2) is 6.10 Å². The molecule has 0 aromatic carbocycles. The van der Waals surface area contributed by atoms with Crippen molar-refractivity contribution in [2.45, 2.75) is 354 Å². The number of allylic oxidation sites excluding steroid dienone is 6. The molecule has 0 saturated heterocycles. The van der Waals surface area contributed by atoms with Crippen molar-refractivity contribution in [3.05, 3.63) is 36.5 Å². The van der Waals surface area contributed by atoms with E-state index in [-0.39, 0.29) is 31.1 Å². The lowest BCUT2D eigenvalue weighted by Gasteiger charge is -2.18. The molecule has 0 aromatic rings. The van der Waals surface area contributed by atoms with Crippen molar-refractivity contribution >= 4 is 17.9 Å². The van der Waals surface area contributed by atoms with Crippen LogP contribution < -0.4 is 0 Å². The molecule has 6 heteroatoms. The Kier molecular flexibility index (Phi) is 59.2. The fourth-order valence-electron chi connectivity index (χ4n) is 9.57. The van der Waals surface area contributed by atoms with E-state index in [1.807, 2.05) is 0 Å². The van der Waals surface area contributed by atoms with Gasteiger partial charge in [0.2, 0.25) is 0 Å². The fraction of sp³-hybridized carbons (Fsp3) is 0.864. The molecule has 0 spiro atoms. The first-order chi connectivity index (χ1) is 35.5. The van der Waals surface area contributed by atoms with E-state index < -0.39 is 6.10 Å². The lowest BCUT2D eigenvalue weighted by Crippen LogP contribution is -2.30. The molecule has 0 fully saturated rings. The molecule has 0 bridgehead atoms. The molecule has 0 rings (SSSR count). The van der Waals surface area contributed by atoms with Gasteiger partial charge in [-0.15, -0.1) is 0 Å². The third kappa shape index (κ3) is 58.5. The quantitative estimate of drug-likeness (QED) is 0.0261. The van der Waals surface area contributed by atoms with Crippen LogP contribution in [0.4, 0.5) is 0 Å². The molecule has 1 unspecified atom stereocenters. The molecule has 72 heavy (non-hydrogen) atoms. The Hall–Kier alpha value is -2.37. The Morgan fingerprint density at radius 3 is 0.806 bits per heavy atom. The van der Waals surface area contributed by atoms with Crippen molar-refractivity contribution in [2.75, 3.05) is 13.2 Å². The number of carbonyl (C=O) groups excluding carboxylic acids is 3. The van der Waals surface area contributed by atoms with E-state index in [2.05, 4.69) is 57.2 Å². The Labute approximate surface area is 448 Å². The van der Waals surface area contributed by atoms with E-state index in [0.29, 0.717) is 19.3 Å². The number of esters is 3. The van der Waals surface area contributed by atoms with Crippen molar-refractivity contribution in [3.8, 4) is 0 Å². The highest BCUT2D eigenvalue weighted by Gasteiger charge is 2.19. The summed E-state index contributed by atoms with van der Waals surface area (Å²) in [6.07, 6.45) is 74.3. The maximum absolute atomic E-state index is 12.9. The second-order valence-corrected chi connectivity index (χ2v) is 21.7. The summed E-state index contributed by atoms with van der Waals surface area (Å²) in [6.45, 7) is 6.67. The third-order valence-corrected chi connectivity index (χ3v) is 14.4. The average Bonchev–Trinajstić information content (AvgIpc) is 3.38. The predicted octanol–water partition coefficient (Wildman–Crippen LogP) is 21.6. The highest BCUT2D eigenvalue weighted by Crippen LogP contribution is 2.18. The van der Waals surface area contributed by atoms with E-state index >= 15 is 0 Å². The zero-order valence-electron chi connectivity index (χ0n) is 48.5. The molecule has 0 aliphatic carbocycles. The van der Waals surface area contributed by atoms with Gasteiger partial charge in [-0.1, -0.05) is 308 Å². The molecule has 1 atom stereocenters. The van der Waals surface area contributed by atoms with E-state index in [1.165, 1.54) is 231 Å². The normalized spacial score (nSPS) is 12.2. The van der Waals surface area contributed by atoms with Gasteiger partial charge >= 0.3 is 17.9 Å². The Balaban J connectivity index is 4.33. The lowest BCUT2D eigenvalue weighted by molar-refractivity contribution is -0.167. The van der Waals surface area contributed by atoms with E-state index in [9.17, 15) is 14.4 Å². The number of hydrogen-bond donors (Lipinski definition) is 0. The number of rotatable bonds is 59. The minimum Gasteiger partial charge on any atom is -0.462 e. The summed E-state index contributed by atoms with van der Waals surface area (Å²) in [7, 11) is 0. The van der Waals surface area contributed by atoms with Crippen molar-refractivity contribution in [2.24, 2.45) is 0 Å². The SMILES string of the molecule is CCCCC/C=C\C/C=C\C/C=C\CCCCCCCCC(=O)OC(COC(=O)CCCCCCCCCCCCCCCCC)COC(=O)CCCCCCCCCCCCCCCCCCCCCC. The molecule has 0 radical (unpaired) electrons. The molecule has 0 amide bonds. The molecular formula is C66H122O6. The summed E-state index contributed by atoms with van der Waals surface area (Å²) in [6, 6.07) is 0. The molecule has 6 nitrogen and oxygen atoms in total. The zero-order chi connectivity index (χ0) is 52.2. The van der Waals surface area contributed by atoms with Gasteiger partial charge in [-0.2, -0.15) is 0 Å². The molecule has 0 saturated carbocycles. The summed E-state index contributed by atoms with van der Waals surface area (Å²) in [5.74, 6) is -0.859. The van der Waals surface area contributed by atoms with Crippen molar-refractivity contribution in [3.63, 3.8) is 0 Å². The van der Waals surface area contributed by atoms with Gasteiger partial charge in [0, 0.05) is 19.3 Å². The first-order valence-electron chi connectivity index (χ1n) is 32.0. The Morgan fingerprint density at radius 1 is 0.278 bits per heavy atom. The van der Waals surface area contributed by atoms with Crippen molar-refractivity contribution < 1.29 is 28.6 Å². The minimum atomic E-state index is -0.776. The van der Waals surface area contributed by atoms with E-state index in [1.54, 1.807) is 0 Å². The topological polar surface area (TPSA) is 78.9 Å². The highest BCUT2D eigenvalue weighted by molar-refractivity contribution is 5.71. The lowest BCUT2D eigenvalue weighted by atomic mass is 10.0. The summed E-state index contributed by atoms with van der Waals surface area (Å²) in [4.78, 5) is 38.3. The first kappa shape index (κ1) is 69.6. The van der Waals surface area contributed by atoms with Gasteiger partial charge in [0.25, 0.3) is 0 Å². The molecule has 0 N–H and O–H groups in total.